The molecule has 2 rings (SSSR count). The van der Waals surface area contributed by atoms with Crippen LogP contribution in [0.4, 0.5) is 0 Å². The lowest BCUT2D eigenvalue weighted by atomic mass is 10.1. The van der Waals surface area contributed by atoms with Crippen molar-refractivity contribution in [3.63, 3.8) is 0 Å². The van der Waals surface area contributed by atoms with Crippen molar-refractivity contribution in [1.29, 1.82) is 0 Å². The summed E-state index contributed by atoms with van der Waals surface area (Å²) in [6.45, 7) is 6.70. The van der Waals surface area contributed by atoms with Gasteiger partial charge in [0.15, 0.2) is 6.61 Å². The molecule has 1 aliphatic rings. The highest BCUT2D eigenvalue weighted by Gasteiger charge is 2.27. The van der Waals surface area contributed by atoms with Crippen LogP contribution in [0.1, 0.15) is 13.8 Å². The zero-order valence-electron chi connectivity index (χ0n) is 13.0. The first-order valence-corrected chi connectivity index (χ1v) is 7.91. The summed E-state index contributed by atoms with van der Waals surface area (Å²) in [4.78, 5) is 16.3. The number of aliphatic hydroxyl groups excluding tert-OH is 1. The molecule has 1 aromatic rings. The van der Waals surface area contributed by atoms with Crippen molar-refractivity contribution in [2.45, 2.75) is 26.0 Å². The molecule has 0 saturated carbocycles. The number of carbonyl (C=O) groups is 1. The summed E-state index contributed by atoms with van der Waals surface area (Å²) < 4.78 is 5.51. The maximum Gasteiger partial charge on any atom is 0.260 e. The molecule has 0 unspecified atom stereocenters. The Balaban J connectivity index is 1.81. The number of hydrogen-bond donors (Lipinski definition) is 1. The molecule has 0 aliphatic carbocycles. The molecule has 6 heteroatoms. The first-order chi connectivity index (χ1) is 10.5. The molecular formula is C16H23ClN2O3. The van der Waals surface area contributed by atoms with Gasteiger partial charge in [-0.15, -0.1) is 0 Å². The van der Waals surface area contributed by atoms with E-state index in [9.17, 15) is 9.90 Å². The fraction of sp³-hybridized carbons (Fsp3) is 0.562. The van der Waals surface area contributed by atoms with Gasteiger partial charge in [-0.1, -0.05) is 11.6 Å². The number of halogens is 1. The number of amides is 1. The van der Waals surface area contributed by atoms with Crippen molar-refractivity contribution in [2.24, 2.45) is 0 Å². The number of β-amino-alcohol motifs (C(OH)–C–C–N with tert-alkyl or cyclic N) is 1. The molecule has 1 saturated heterocycles. The van der Waals surface area contributed by atoms with E-state index in [2.05, 4.69) is 4.90 Å². The highest BCUT2D eigenvalue weighted by molar-refractivity contribution is 6.30. The molecule has 2 atom stereocenters. The van der Waals surface area contributed by atoms with Crippen LogP contribution in [0.15, 0.2) is 24.3 Å². The first-order valence-electron chi connectivity index (χ1n) is 7.54. The lowest BCUT2D eigenvalue weighted by molar-refractivity contribution is -0.138. The average Bonchev–Trinajstić information content (AvgIpc) is 2.46. The molecule has 0 radical (unpaired) electrons. The maximum atomic E-state index is 12.3. The van der Waals surface area contributed by atoms with E-state index in [1.807, 2.05) is 11.8 Å². The summed E-state index contributed by atoms with van der Waals surface area (Å²) in [5.41, 5.74) is 0. The summed E-state index contributed by atoms with van der Waals surface area (Å²) in [5.74, 6) is 0.622. The van der Waals surface area contributed by atoms with Gasteiger partial charge in [-0.05, 0) is 38.1 Å². The molecule has 1 aromatic carbocycles. The van der Waals surface area contributed by atoms with Crippen molar-refractivity contribution in [3.05, 3.63) is 29.3 Å². The molecule has 0 aromatic heterocycles. The van der Waals surface area contributed by atoms with Gasteiger partial charge in [-0.2, -0.15) is 0 Å². The molecule has 22 heavy (non-hydrogen) atoms. The van der Waals surface area contributed by atoms with Crippen molar-refractivity contribution >= 4 is 17.5 Å². The van der Waals surface area contributed by atoms with E-state index in [1.54, 1.807) is 31.2 Å². The lowest BCUT2D eigenvalue weighted by Crippen LogP contribution is -2.55. The Hall–Kier alpha value is -1.30. The third kappa shape index (κ3) is 4.87. The summed E-state index contributed by atoms with van der Waals surface area (Å²) in [6.07, 6.45) is -0.345. The fourth-order valence-electron chi connectivity index (χ4n) is 2.70. The molecule has 1 heterocycles. The van der Waals surface area contributed by atoms with E-state index in [4.69, 9.17) is 16.3 Å². The Morgan fingerprint density at radius 1 is 1.41 bits per heavy atom. The average molecular weight is 327 g/mol. The van der Waals surface area contributed by atoms with Crippen LogP contribution in [0, 0.1) is 0 Å². The van der Waals surface area contributed by atoms with Crippen LogP contribution in [-0.2, 0) is 4.79 Å². The first kappa shape index (κ1) is 17.1. The minimum absolute atomic E-state index is 0.0147. The van der Waals surface area contributed by atoms with Crippen LogP contribution in [-0.4, -0.2) is 65.7 Å². The summed E-state index contributed by atoms with van der Waals surface area (Å²) in [5, 5.41) is 10.1. The Kier molecular flexibility index (Phi) is 6.06. The maximum absolute atomic E-state index is 12.3. The second-order valence-corrected chi connectivity index (χ2v) is 6.22. The van der Waals surface area contributed by atoms with Crippen LogP contribution < -0.4 is 4.74 Å². The van der Waals surface area contributed by atoms with Crippen molar-refractivity contribution in [3.8, 4) is 5.75 Å². The van der Waals surface area contributed by atoms with Gasteiger partial charge in [-0.3, -0.25) is 9.69 Å². The SMILES string of the molecule is C[C@H](O)CN1CCN(C(=O)COc2ccc(Cl)cc2)[C@@H](C)C1. The highest BCUT2D eigenvalue weighted by Crippen LogP contribution is 2.16. The molecule has 1 amide bonds. The van der Waals surface area contributed by atoms with Gasteiger partial charge in [0.05, 0.1) is 6.10 Å². The normalized spacial score (nSPS) is 20.7. The van der Waals surface area contributed by atoms with Crippen molar-refractivity contribution in [2.75, 3.05) is 32.8 Å². The van der Waals surface area contributed by atoms with E-state index >= 15 is 0 Å². The Labute approximate surface area is 136 Å². The quantitative estimate of drug-likeness (QED) is 0.893. The van der Waals surface area contributed by atoms with Crippen LogP contribution in [0.25, 0.3) is 0 Å². The predicted octanol–water partition coefficient (Wildman–Crippen LogP) is 1.63. The third-order valence-corrected chi connectivity index (χ3v) is 3.98. The van der Waals surface area contributed by atoms with E-state index in [0.29, 0.717) is 23.9 Å². The standard InChI is InChI=1S/C16H23ClN2O3/c1-12-9-18(10-13(2)20)7-8-19(12)16(21)11-22-15-5-3-14(17)4-6-15/h3-6,12-13,20H,7-11H2,1-2H3/t12-,13-/m0/s1. The van der Waals surface area contributed by atoms with Crippen LogP contribution >= 0.6 is 11.6 Å². The van der Waals surface area contributed by atoms with Crippen LogP contribution in [0.3, 0.4) is 0 Å². The number of hydrogen-bond acceptors (Lipinski definition) is 4. The van der Waals surface area contributed by atoms with E-state index in [-0.39, 0.29) is 24.7 Å². The topological polar surface area (TPSA) is 53.0 Å². The number of rotatable bonds is 5. The molecule has 5 nitrogen and oxygen atoms in total. The Morgan fingerprint density at radius 3 is 2.68 bits per heavy atom. The van der Waals surface area contributed by atoms with Crippen molar-refractivity contribution < 1.29 is 14.6 Å². The number of piperazine rings is 1. The molecule has 122 valence electrons. The largest absolute Gasteiger partial charge is 0.484 e. The minimum Gasteiger partial charge on any atom is -0.484 e. The molecule has 1 N–H and O–H groups in total. The number of carbonyl (C=O) groups excluding carboxylic acids is 1. The smallest absolute Gasteiger partial charge is 0.260 e. The molecule has 1 fully saturated rings. The zero-order chi connectivity index (χ0) is 16.1. The molecule has 0 bridgehead atoms. The fourth-order valence-corrected chi connectivity index (χ4v) is 2.83. The molecule has 0 spiro atoms. The second kappa shape index (κ2) is 7.81. The van der Waals surface area contributed by atoms with Crippen LogP contribution in [0.2, 0.25) is 5.02 Å². The third-order valence-electron chi connectivity index (χ3n) is 3.73. The van der Waals surface area contributed by atoms with Gasteiger partial charge in [0.25, 0.3) is 5.91 Å². The van der Waals surface area contributed by atoms with Crippen LogP contribution in [0.5, 0.6) is 5.75 Å². The van der Waals surface area contributed by atoms with Gasteiger partial charge in [0, 0.05) is 37.2 Å². The monoisotopic (exact) mass is 326 g/mol. The van der Waals surface area contributed by atoms with Gasteiger partial charge in [-0.25, -0.2) is 0 Å². The predicted molar refractivity (Wildman–Crippen MR) is 86.2 cm³/mol. The number of ether oxygens (including phenoxy) is 1. The number of benzene rings is 1. The summed E-state index contributed by atoms with van der Waals surface area (Å²) in [6, 6.07) is 7.09. The minimum atomic E-state index is -0.345. The zero-order valence-corrected chi connectivity index (χ0v) is 13.8. The van der Waals surface area contributed by atoms with Gasteiger partial charge >= 0.3 is 0 Å². The molecule has 1 aliphatic heterocycles. The second-order valence-electron chi connectivity index (χ2n) is 5.79. The van der Waals surface area contributed by atoms with Gasteiger partial charge < -0.3 is 14.7 Å². The molecular weight excluding hydrogens is 304 g/mol. The van der Waals surface area contributed by atoms with E-state index < -0.39 is 0 Å². The number of nitrogens with zero attached hydrogens (tertiary/aromatic N) is 2. The van der Waals surface area contributed by atoms with Gasteiger partial charge in [0.2, 0.25) is 0 Å². The Bertz CT molecular complexity index is 493. The Morgan fingerprint density at radius 2 is 2.09 bits per heavy atom. The van der Waals surface area contributed by atoms with Crippen molar-refractivity contribution in [1.82, 2.24) is 9.80 Å². The van der Waals surface area contributed by atoms with E-state index in [1.165, 1.54) is 0 Å². The van der Waals surface area contributed by atoms with Gasteiger partial charge in [0.1, 0.15) is 5.75 Å². The highest BCUT2D eigenvalue weighted by atomic mass is 35.5. The van der Waals surface area contributed by atoms with E-state index in [0.717, 1.165) is 13.1 Å². The summed E-state index contributed by atoms with van der Waals surface area (Å²) in [7, 11) is 0. The lowest BCUT2D eigenvalue weighted by Gasteiger charge is -2.40. The summed E-state index contributed by atoms with van der Waals surface area (Å²) >= 11 is 5.81. The number of aliphatic hydroxyl groups is 1.